The number of aromatic nitrogens is 2. The highest BCUT2D eigenvalue weighted by Gasteiger charge is 2.35. The second-order valence-electron chi connectivity index (χ2n) is 6.27. The standard InChI is InChI=1S/C17H22N4O2S/c1-11-8-15(21-20-11)19-17(23)14-5-3-2-4-13(14)16(22)18-9-12-6-7-24-10-12/h6-8,10,13-14H,2-5,9H2,1H3,(H,18,22)(H2,19,20,21,23)/t13-,14-/m1/s1. The molecule has 0 unspecified atom stereocenters. The highest BCUT2D eigenvalue weighted by atomic mass is 32.1. The van der Waals surface area contributed by atoms with Crippen molar-refractivity contribution in [2.24, 2.45) is 11.8 Å². The summed E-state index contributed by atoms with van der Waals surface area (Å²) in [6, 6.07) is 3.78. The lowest BCUT2D eigenvalue weighted by Crippen LogP contribution is -2.41. The van der Waals surface area contributed by atoms with Crippen LogP contribution in [-0.2, 0) is 16.1 Å². The normalized spacial score (nSPS) is 20.5. The minimum atomic E-state index is -0.293. The fourth-order valence-corrected chi connectivity index (χ4v) is 3.84. The van der Waals surface area contributed by atoms with Gasteiger partial charge in [0.2, 0.25) is 11.8 Å². The summed E-state index contributed by atoms with van der Waals surface area (Å²) in [6.45, 7) is 2.40. The number of aromatic amines is 1. The molecule has 0 spiro atoms. The van der Waals surface area contributed by atoms with E-state index in [-0.39, 0.29) is 23.7 Å². The maximum Gasteiger partial charge on any atom is 0.229 e. The van der Waals surface area contributed by atoms with Crippen LogP contribution in [0.15, 0.2) is 22.9 Å². The van der Waals surface area contributed by atoms with Gasteiger partial charge in [0.25, 0.3) is 0 Å². The van der Waals surface area contributed by atoms with Gasteiger partial charge in [-0.3, -0.25) is 14.7 Å². The third-order valence-corrected chi connectivity index (χ3v) is 5.18. The van der Waals surface area contributed by atoms with E-state index in [0.717, 1.165) is 36.9 Å². The van der Waals surface area contributed by atoms with Gasteiger partial charge in [0.05, 0.1) is 0 Å². The van der Waals surface area contributed by atoms with Crippen molar-refractivity contribution in [1.82, 2.24) is 15.5 Å². The summed E-state index contributed by atoms with van der Waals surface area (Å²) in [5.41, 5.74) is 1.98. The molecular weight excluding hydrogens is 324 g/mol. The van der Waals surface area contributed by atoms with Crippen molar-refractivity contribution in [3.63, 3.8) is 0 Å². The highest BCUT2D eigenvalue weighted by Crippen LogP contribution is 2.31. The van der Waals surface area contributed by atoms with E-state index in [9.17, 15) is 9.59 Å². The summed E-state index contributed by atoms with van der Waals surface area (Å²) >= 11 is 1.61. The molecule has 3 N–H and O–H groups in total. The molecule has 128 valence electrons. The summed E-state index contributed by atoms with van der Waals surface area (Å²) in [5.74, 6) is -0.188. The lowest BCUT2D eigenvalue weighted by atomic mass is 9.78. The van der Waals surface area contributed by atoms with Crippen LogP contribution in [0.4, 0.5) is 5.82 Å². The molecule has 2 heterocycles. The molecule has 24 heavy (non-hydrogen) atoms. The summed E-state index contributed by atoms with van der Waals surface area (Å²) < 4.78 is 0. The first-order valence-corrected chi connectivity index (χ1v) is 9.19. The van der Waals surface area contributed by atoms with Gasteiger partial charge in [0.15, 0.2) is 5.82 Å². The van der Waals surface area contributed by atoms with Gasteiger partial charge in [0.1, 0.15) is 0 Å². The molecule has 0 aromatic carbocycles. The SMILES string of the molecule is Cc1cc(NC(=O)[C@@H]2CCCC[C@H]2C(=O)NCc2ccsc2)n[nH]1. The van der Waals surface area contributed by atoms with Crippen LogP contribution < -0.4 is 10.6 Å². The van der Waals surface area contributed by atoms with Gasteiger partial charge in [-0.2, -0.15) is 16.4 Å². The summed E-state index contributed by atoms with van der Waals surface area (Å²) in [4.78, 5) is 25.1. The molecule has 6 nitrogen and oxygen atoms in total. The Morgan fingerprint density at radius 3 is 2.67 bits per heavy atom. The molecule has 0 aliphatic heterocycles. The number of hydrogen-bond donors (Lipinski definition) is 3. The van der Waals surface area contributed by atoms with Crippen molar-refractivity contribution < 1.29 is 9.59 Å². The predicted octanol–water partition coefficient (Wildman–Crippen LogP) is 2.84. The Labute approximate surface area is 145 Å². The van der Waals surface area contributed by atoms with Crippen LogP contribution in [0, 0.1) is 18.8 Å². The average molecular weight is 346 g/mol. The topological polar surface area (TPSA) is 86.9 Å². The maximum atomic E-state index is 12.6. The average Bonchev–Trinajstić information content (AvgIpc) is 3.24. The predicted molar refractivity (Wildman–Crippen MR) is 93.6 cm³/mol. The van der Waals surface area contributed by atoms with Crippen molar-refractivity contribution in [1.29, 1.82) is 0 Å². The molecular formula is C17H22N4O2S. The number of carbonyl (C=O) groups excluding carboxylic acids is 2. The van der Waals surface area contributed by atoms with E-state index in [1.807, 2.05) is 23.8 Å². The van der Waals surface area contributed by atoms with E-state index in [4.69, 9.17) is 0 Å². The van der Waals surface area contributed by atoms with E-state index in [0.29, 0.717) is 12.4 Å². The van der Waals surface area contributed by atoms with Crippen LogP contribution in [0.2, 0.25) is 0 Å². The van der Waals surface area contributed by atoms with E-state index in [2.05, 4.69) is 20.8 Å². The maximum absolute atomic E-state index is 12.6. The zero-order valence-electron chi connectivity index (χ0n) is 13.7. The smallest absolute Gasteiger partial charge is 0.229 e. The Bertz CT molecular complexity index is 695. The van der Waals surface area contributed by atoms with E-state index >= 15 is 0 Å². The summed E-state index contributed by atoms with van der Waals surface area (Å²) in [6.07, 6.45) is 3.47. The molecule has 0 radical (unpaired) electrons. The van der Waals surface area contributed by atoms with Crippen LogP contribution in [0.1, 0.15) is 36.9 Å². The first kappa shape index (κ1) is 16.7. The van der Waals surface area contributed by atoms with Crippen molar-refractivity contribution in [2.75, 3.05) is 5.32 Å². The number of H-pyrrole nitrogens is 1. The monoisotopic (exact) mass is 346 g/mol. The molecule has 0 bridgehead atoms. The van der Waals surface area contributed by atoms with Gasteiger partial charge in [-0.15, -0.1) is 0 Å². The molecule has 0 saturated heterocycles. The molecule has 1 saturated carbocycles. The molecule has 7 heteroatoms. The molecule has 3 rings (SSSR count). The van der Waals surface area contributed by atoms with Crippen molar-refractivity contribution >= 4 is 29.0 Å². The largest absolute Gasteiger partial charge is 0.352 e. The number of nitrogens with zero attached hydrogens (tertiary/aromatic N) is 1. The molecule has 2 amide bonds. The van der Waals surface area contributed by atoms with Gasteiger partial charge in [-0.25, -0.2) is 0 Å². The first-order valence-electron chi connectivity index (χ1n) is 8.25. The zero-order chi connectivity index (χ0) is 16.9. The van der Waals surface area contributed by atoms with Crippen molar-refractivity contribution in [3.8, 4) is 0 Å². The fourth-order valence-electron chi connectivity index (χ4n) is 3.17. The summed E-state index contributed by atoms with van der Waals surface area (Å²) in [5, 5.41) is 16.6. The Morgan fingerprint density at radius 2 is 2.04 bits per heavy atom. The van der Waals surface area contributed by atoms with Crippen LogP contribution in [0.25, 0.3) is 0 Å². The van der Waals surface area contributed by atoms with E-state index in [1.165, 1.54) is 0 Å². The number of thiophene rings is 1. The first-order chi connectivity index (χ1) is 11.6. The van der Waals surface area contributed by atoms with Crippen molar-refractivity contribution in [2.45, 2.75) is 39.2 Å². The third-order valence-electron chi connectivity index (χ3n) is 4.44. The highest BCUT2D eigenvalue weighted by molar-refractivity contribution is 7.07. The van der Waals surface area contributed by atoms with Crippen LogP contribution in [-0.4, -0.2) is 22.0 Å². The minimum Gasteiger partial charge on any atom is -0.352 e. The Hall–Kier alpha value is -2.15. The molecule has 2 aromatic rings. The van der Waals surface area contributed by atoms with Gasteiger partial charge in [-0.1, -0.05) is 12.8 Å². The lowest BCUT2D eigenvalue weighted by Gasteiger charge is -2.29. The van der Waals surface area contributed by atoms with Crippen LogP contribution >= 0.6 is 11.3 Å². The molecule has 1 aliphatic rings. The van der Waals surface area contributed by atoms with Crippen LogP contribution in [0.5, 0.6) is 0 Å². The summed E-state index contributed by atoms with van der Waals surface area (Å²) in [7, 11) is 0. The number of anilines is 1. The van der Waals surface area contributed by atoms with E-state index in [1.54, 1.807) is 17.4 Å². The van der Waals surface area contributed by atoms with Crippen LogP contribution in [0.3, 0.4) is 0 Å². The number of amides is 2. The number of aryl methyl sites for hydroxylation is 1. The minimum absolute atomic E-state index is 0.0285. The van der Waals surface area contributed by atoms with Gasteiger partial charge >= 0.3 is 0 Å². The quantitative estimate of drug-likeness (QED) is 0.778. The number of nitrogens with one attached hydrogen (secondary N) is 3. The number of carbonyl (C=O) groups is 2. The molecule has 2 aromatic heterocycles. The number of rotatable bonds is 5. The number of hydrogen-bond acceptors (Lipinski definition) is 4. The lowest BCUT2D eigenvalue weighted by molar-refractivity contribution is -0.134. The second kappa shape index (κ2) is 7.61. The van der Waals surface area contributed by atoms with E-state index < -0.39 is 0 Å². The Balaban J connectivity index is 1.61. The Kier molecular flexibility index (Phi) is 5.30. The molecule has 1 fully saturated rings. The Morgan fingerprint density at radius 1 is 1.29 bits per heavy atom. The molecule has 1 aliphatic carbocycles. The molecule has 2 atom stereocenters. The second-order valence-corrected chi connectivity index (χ2v) is 7.05. The van der Waals surface area contributed by atoms with Crippen molar-refractivity contribution in [3.05, 3.63) is 34.2 Å². The zero-order valence-corrected chi connectivity index (χ0v) is 14.5. The third kappa shape index (κ3) is 4.03. The van der Waals surface area contributed by atoms with Gasteiger partial charge in [-0.05, 0) is 42.2 Å². The van der Waals surface area contributed by atoms with Gasteiger partial charge in [0, 0.05) is 30.1 Å². The van der Waals surface area contributed by atoms with Gasteiger partial charge < -0.3 is 10.6 Å². The fraction of sp³-hybridized carbons (Fsp3) is 0.471.